The van der Waals surface area contributed by atoms with E-state index < -0.39 is 8.38 Å². The van der Waals surface area contributed by atoms with E-state index in [4.69, 9.17) is 9.05 Å². The van der Waals surface area contributed by atoms with Gasteiger partial charge in [-0.05, 0) is 31.7 Å². The van der Waals surface area contributed by atoms with Gasteiger partial charge < -0.3 is 9.05 Å². The van der Waals surface area contributed by atoms with Crippen LogP contribution < -0.4 is 4.52 Å². The first-order valence-electron chi connectivity index (χ1n) is 6.81. The molecule has 0 saturated carbocycles. The molecule has 0 aliphatic carbocycles. The second-order valence-corrected chi connectivity index (χ2v) is 6.54. The van der Waals surface area contributed by atoms with Crippen LogP contribution in [-0.2, 0) is 4.52 Å². The molecule has 0 aliphatic heterocycles. The van der Waals surface area contributed by atoms with E-state index in [1.165, 1.54) is 11.0 Å². The Kier molecular flexibility index (Phi) is 5.58. The quantitative estimate of drug-likeness (QED) is 0.513. The number of hydrogen-bond donors (Lipinski definition) is 0. The van der Waals surface area contributed by atoms with Gasteiger partial charge >= 0.3 is 0 Å². The number of rotatable bonds is 6. The van der Waals surface area contributed by atoms with Gasteiger partial charge in [0.05, 0.1) is 0 Å². The molecule has 0 spiro atoms. The van der Waals surface area contributed by atoms with Crippen LogP contribution in [0.15, 0.2) is 54.1 Å². The van der Waals surface area contributed by atoms with Gasteiger partial charge in [-0.25, -0.2) is 0 Å². The Morgan fingerprint density at radius 1 is 1.10 bits per heavy atom. The largest absolute Gasteiger partial charge is 0.447 e. The molecule has 1 atom stereocenters. The Morgan fingerprint density at radius 2 is 1.85 bits per heavy atom. The van der Waals surface area contributed by atoms with Crippen molar-refractivity contribution in [2.75, 3.05) is 13.3 Å². The minimum Gasteiger partial charge on any atom is -0.447 e. The highest BCUT2D eigenvalue weighted by Crippen LogP contribution is 2.41. The van der Waals surface area contributed by atoms with Crippen LogP contribution in [-0.4, -0.2) is 13.3 Å². The van der Waals surface area contributed by atoms with Crippen molar-refractivity contribution in [2.24, 2.45) is 0 Å². The third kappa shape index (κ3) is 4.06. The van der Waals surface area contributed by atoms with Crippen LogP contribution in [0.2, 0.25) is 0 Å². The molecule has 0 amide bonds. The standard InChI is InChI=1S/C17H21O2P/c1-14(2)8-7-13-20(18-3)19-17-12-6-10-15-9-4-5-11-16(15)17/h4-6,8-12H,7,13H2,1-3H3. The molecule has 0 fully saturated rings. The first kappa shape index (κ1) is 15.0. The third-order valence-corrected chi connectivity index (χ3v) is 4.45. The smallest absolute Gasteiger partial charge is 0.230 e. The SMILES string of the molecule is COP(CCC=C(C)C)Oc1cccc2ccccc12. The second-order valence-electron chi connectivity index (χ2n) is 4.88. The third-order valence-electron chi connectivity index (χ3n) is 3.02. The summed E-state index contributed by atoms with van der Waals surface area (Å²) >= 11 is 0. The lowest BCUT2D eigenvalue weighted by atomic mass is 10.1. The molecule has 2 rings (SSSR count). The number of hydrogen-bond acceptors (Lipinski definition) is 2. The molecule has 3 heteroatoms. The number of fused-ring (bicyclic) bond motifs is 1. The van der Waals surface area contributed by atoms with E-state index in [-0.39, 0.29) is 0 Å². The lowest BCUT2D eigenvalue weighted by molar-refractivity contribution is 0.396. The van der Waals surface area contributed by atoms with Crippen molar-refractivity contribution in [3.05, 3.63) is 54.1 Å². The fraction of sp³-hybridized carbons (Fsp3) is 0.294. The van der Waals surface area contributed by atoms with Crippen molar-refractivity contribution in [1.29, 1.82) is 0 Å². The topological polar surface area (TPSA) is 18.5 Å². The lowest BCUT2D eigenvalue weighted by Crippen LogP contribution is -1.95. The molecule has 0 saturated heterocycles. The van der Waals surface area contributed by atoms with Gasteiger partial charge in [-0.1, -0.05) is 48.0 Å². The van der Waals surface area contributed by atoms with E-state index in [0.29, 0.717) is 0 Å². The van der Waals surface area contributed by atoms with E-state index in [0.717, 1.165) is 23.7 Å². The van der Waals surface area contributed by atoms with Crippen molar-refractivity contribution in [1.82, 2.24) is 0 Å². The van der Waals surface area contributed by atoms with Crippen LogP contribution in [0.1, 0.15) is 20.3 Å². The highest BCUT2D eigenvalue weighted by Gasteiger charge is 2.11. The molecule has 0 aromatic heterocycles. The molecule has 1 unspecified atom stereocenters. The zero-order valence-corrected chi connectivity index (χ0v) is 13.2. The summed E-state index contributed by atoms with van der Waals surface area (Å²) in [4.78, 5) is 0. The van der Waals surface area contributed by atoms with Crippen LogP contribution in [0, 0.1) is 0 Å². The fourth-order valence-corrected chi connectivity index (χ4v) is 3.08. The van der Waals surface area contributed by atoms with Gasteiger partial charge in [-0.3, -0.25) is 0 Å². The summed E-state index contributed by atoms with van der Waals surface area (Å²) in [6.45, 7) is 4.22. The molecular weight excluding hydrogens is 267 g/mol. The van der Waals surface area contributed by atoms with Crippen molar-refractivity contribution in [3.8, 4) is 5.75 Å². The summed E-state index contributed by atoms with van der Waals surface area (Å²) in [5.74, 6) is 0.910. The predicted molar refractivity (Wildman–Crippen MR) is 87.4 cm³/mol. The van der Waals surface area contributed by atoms with Crippen molar-refractivity contribution in [2.45, 2.75) is 20.3 Å². The maximum Gasteiger partial charge on any atom is 0.230 e. The van der Waals surface area contributed by atoms with E-state index in [1.807, 2.05) is 24.3 Å². The number of allylic oxidation sites excluding steroid dienone is 2. The first-order chi connectivity index (χ1) is 9.70. The summed E-state index contributed by atoms with van der Waals surface area (Å²) in [5, 5.41) is 2.34. The van der Waals surface area contributed by atoms with Gasteiger partial charge in [0.25, 0.3) is 0 Å². The van der Waals surface area contributed by atoms with Gasteiger partial charge in [0.15, 0.2) is 0 Å². The maximum absolute atomic E-state index is 6.07. The molecule has 0 heterocycles. The normalized spacial score (nSPS) is 12.2. The Bertz CT molecular complexity index is 583. The van der Waals surface area contributed by atoms with Crippen LogP contribution in [0.5, 0.6) is 5.75 Å². The van der Waals surface area contributed by atoms with E-state index in [9.17, 15) is 0 Å². The Balaban J connectivity index is 2.11. The molecule has 20 heavy (non-hydrogen) atoms. The van der Waals surface area contributed by atoms with Crippen LogP contribution in [0.25, 0.3) is 10.8 Å². The predicted octanol–water partition coefficient (Wildman–Crippen LogP) is 5.53. The van der Waals surface area contributed by atoms with E-state index in [2.05, 4.69) is 38.1 Å². The van der Waals surface area contributed by atoms with Crippen LogP contribution in [0.3, 0.4) is 0 Å². The molecule has 106 valence electrons. The molecule has 0 bridgehead atoms. The molecule has 0 aliphatic rings. The monoisotopic (exact) mass is 288 g/mol. The van der Waals surface area contributed by atoms with E-state index >= 15 is 0 Å². The first-order valence-corrected chi connectivity index (χ1v) is 8.17. The average Bonchev–Trinajstić information content (AvgIpc) is 2.46. The second kappa shape index (κ2) is 7.42. The van der Waals surface area contributed by atoms with Crippen molar-refractivity contribution >= 4 is 19.1 Å². The van der Waals surface area contributed by atoms with Gasteiger partial charge in [0.1, 0.15) is 5.75 Å². The molecule has 2 nitrogen and oxygen atoms in total. The summed E-state index contributed by atoms with van der Waals surface area (Å²) in [7, 11) is 0.838. The minimum atomic E-state index is -0.883. The summed E-state index contributed by atoms with van der Waals surface area (Å²) in [6, 6.07) is 14.4. The molecule has 0 N–H and O–H groups in total. The molecule has 0 radical (unpaired) electrons. The zero-order chi connectivity index (χ0) is 14.4. The molecule has 2 aromatic rings. The average molecular weight is 288 g/mol. The van der Waals surface area contributed by atoms with Gasteiger partial charge in [0.2, 0.25) is 8.38 Å². The Hall–Kier alpha value is -1.37. The summed E-state index contributed by atoms with van der Waals surface area (Å²) in [5.41, 5.74) is 1.33. The van der Waals surface area contributed by atoms with Crippen molar-refractivity contribution in [3.63, 3.8) is 0 Å². The Morgan fingerprint density at radius 3 is 2.60 bits per heavy atom. The fourth-order valence-electron chi connectivity index (χ4n) is 2.02. The van der Waals surface area contributed by atoms with Gasteiger partial charge in [0, 0.05) is 18.7 Å². The van der Waals surface area contributed by atoms with E-state index in [1.54, 1.807) is 7.11 Å². The van der Waals surface area contributed by atoms with Gasteiger partial charge in [-0.15, -0.1) is 0 Å². The summed E-state index contributed by atoms with van der Waals surface area (Å²) in [6.07, 6.45) is 4.13. The van der Waals surface area contributed by atoms with Gasteiger partial charge in [-0.2, -0.15) is 0 Å². The zero-order valence-electron chi connectivity index (χ0n) is 12.3. The summed E-state index contributed by atoms with van der Waals surface area (Å²) < 4.78 is 11.6. The molecule has 2 aromatic carbocycles. The molecular formula is C17H21O2P. The number of benzene rings is 2. The van der Waals surface area contributed by atoms with Crippen LogP contribution >= 0.6 is 8.38 Å². The highest BCUT2D eigenvalue weighted by atomic mass is 31.2. The lowest BCUT2D eigenvalue weighted by Gasteiger charge is -2.16. The highest BCUT2D eigenvalue weighted by molar-refractivity contribution is 7.47. The van der Waals surface area contributed by atoms with Crippen molar-refractivity contribution < 1.29 is 9.05 Å². The maximum atomic E-state index is 6.07. The van der Waals surface area contributed by atoms with Crippen LogP contribution in [0.4, 0.5) is 0 Å². The Labute approximate surface area is 122 Å². The minimum absolute atomic E-state index is 0.883.